The van der Waals surface area contributed by atoms with Gasteiger partial charge in [-0.25, -0.2) is 0 Å². The Morgan fingerprint density at radius 1 is 0.875 bits per heavy atom. The van der Waals surface area contributed by atoms with Gasteiger partial charge in [-0.05, 0) is 61.2 Å². The summed E-state index contributed by atoms with van der Waals surface area (Å²) in [5.74, 6) is 0.450. The van der Waals surface area contributed by atoms with E-state index in [0.717, 1.165) is 16.7 Å². The van der Waals surface area contributed by atoms with E-state index < -0.39 is 11.0 Å². The van der Waals surface area contributed by atoms with Crippen molar-refractivity contribution in [1.82, 2.24) is 0 Å². The zero-order chi connectivity index (χ0) is 17.4. The van der Waals surface area contributed by atoms with Crippen LogP contribution in [0, 0.1) is 0 Å². The van der Waals surface area contributed by atoms with Crippen LogP contribution in [0.2, 0.25) is 0 Å². The van der Waals surface area contributed by atoms with E-state index in [1.165, 1.54) is 0 Å². The molecule has 2 aromatic carbocycles. The maximum absolute atomic E-state index is 10.2. The lowest BCUT2D eigenvalue weighted by molar-refractivity contribution is 0.113. The molecule has 24 heavy (non-hydrogen) atoms. The summed E-state index contributed by atoms with van der Waals surface area (Å²) >= 11 is 0. The molecule has 3 rings (SSSR count). The van der Waals surface area contributed by atoms with E-state index in [2.05, 4.69) is 13.0 Å². The fourth-order valence-corrected chi connectivity index (χ4v) is 3.18. The molecule has 1 aliphatic carbocycles. The van der Waals surface area contributed by atoms with Crippen LogP contribution in [-0.4, -0.2) is 20.9 Å². The molecule has 2 aromatic rings. The quantitative estimate of drug-likeness (QED) is 0.799. The van der Waals surface area contributed by atoms with Gasteiger partial charge in [0.25, 0.3) is 0 Å². The van der Waals surface area contributed by atoms with E-state index in [9.17, 15) is 15.3 Å². The summed E-state index contributed by atoms with van der Waals surface area (Å²) in [6.07, 6.45) is 6.38. The van der Waals surface area contributed by atoms with Crippen molar-refractivity contribution in [2.45, 2.75) is 31.3 Å². The molecule has 0 fully saturated rings. The number of allylic oxidation sites excluding steroid dienone is 2. The molecule has 1 aliphatic rings. The highest BCUT2D eigenvalue weighted by atomic mass is 16.3. The lowest BCUT2D eigenvalue weighted by Gasteiger charge is -2.35. The summed E-state index contributed by atoms with van der Waals surface area (Å²) in [5.41, 5.74) is 1.86. The van der Waals surface area contributed by atoms with Gasteiger partial charge in [0.1, 0.15) is 11.5 Å². The molecule has 124 valence electrons. The van der Waals surface area contributed by atoms with Crippen LogP contribution < -0.4 is 0 Å². The number of phenols is 2. The largest absolute Gasteiger partial charge is 0.508 e. The van der Waals surface area contributed by atoms with Gasteiger partial charge >= 0.3 is 0 Å². The molecule has 0 bridgehead atoms. The fraction of sp³-hybridized carbons (Fsp3) is 0.238. The normalized spacial score (nSPS) is 20.7. The van der Waals surface area contributed by atoms with Crippen molar-refractivity contribution in [1.29, 1.82) is 0 Å². The van der Waals surface area contributed by atoms with Gasteiger partial charge < -0.3 is 15.3 Å². The SMILES string of the molecule is CC1(O)C=CC(C(C)(c2ccc(O)cc2)c2ccc(O)cc2)=CC1. The Labute approximate surface area is 142 Å². The third-order valence-corrected chi connectivity index (χ3v) is 4.82. The monoisotopic (exact) mass is 322 g/mol. The number of rotatable bonds is 3. The van der Waals surface area contributed by atoms with Crippen LogP contribution in [-0.2, 0) is 5.41 Å². The van der Waals surface area contributed by atoms with Crippen molar-refractivity contribution in [2.75, 3.05) is 0 Å². The molecule has 0 aromatic heterocycles. The second-order valence-electron chi connectivity index (χ2n) is 6.77. The van der Waals surface area contributed by atoms with Gasteiger partial charge in [0, 0.05) is 5.41 Å². The Bertz CT molecular complexity index is 735. The van der Waals surface area contributed by atoms with Crippen LogP contribution in [0.1, 0.15) is 31.4 Å². The Morgan fingerprint density at radius 3 is 1.71 bits per heavy atom. The highest BCUT2D eigenvalue weighted by molar-refractivity contribution is 5.54. The first-order chi connectivity index (χ1) is 11.3. The minimum absolute atomic E-state index is 0.225. The lowest BCUT2D eigenvalue weighted by Crippen LogP contribution is -2.30. The summed E-state index contributed by atoms with van der Waals surface area (Å²) in [6, 6.07) is 14.3. The molecule has 3 N–H and O–H groups in total. The van der Waals surface area contributed by atoms with Gasteiger partial charge in [-0.2, -0.15) is 0 Å². The number of aromatic hydroxyl groups is 2. The predicted molar refractivity (Wildman–Crippen MR) is 95.1 cm³/mol. The minimum atomic E-state index is -0.825. The molecular formula is C21H22O3. The molecule has 3 heteroatoms. The molecule has 0 radical (unpaired) electrons. The summed E-state index contributed by atoms with van der Waals surface area (Å²) in [5, 5.41) is 29.4. The average molecular weight is 322 g/mol. The molecule has 1 atom stereocenters. The summed E-state index contributed by atoms with van der Waals surface area (Å²) in [7, 11) is 0. The number of benzene rings is 2. The van der Waals surface area contributed by atoms with Gasteiger partial charge in [-0.3, -0.25) is 0 Å². The fourth-order valence-electron chi connectivity index (χ4n) is 3.18. The summed E-state index contributed by atoms with van der Waals surface area (Å²) in [6.45, 7) is 3.90. The third kappa shape index (κ3) is 2.95. The Balaban J connectivity index is 2.14. The predicted octanol–water partition coefficient (Wildman–Crippen LogP) is 4.04. The number of phenolic OH excluding ortho intramolecular Hbond substituents is 2. The average Bonchev–Trinajstić information content (AvgIpc) is 2.55. The molecule has 0 spiro atoms. The highest BCUT2D eigenvalue weighted by Gasteiger charge is 2.34. The van der Waals surface area contributed by atoms with Crippen molar-refractivity contribution in [3.8, 4) is 11.5 Å². The van der Waals surface area contributed by atoms with E-state index in [-0.39, 0.29) is 11.5 Å². The van der Waals surface area contributed by atoms with Gasteiger partial charge in [-0.15, -0.1) is 0 Å². The number of hydrogen-bond acceptors (Lipinski definition) is 3. The smallest absolute Gasteiger partial charge is 0.115 e. The van der Waals surface area contributed by atoms with Gasteiger partial charge in [-0.1, -0.05) is 42.5 Å². The third-order valence-electron chi connectivity index (χ3n) is 4.82. The van der Waals surface area contributed by atoms with Gasteiger partial charge in [0.2, 0.25) is 0 Å². The molecule has 1 unspecified atom stereocenters. The lowest BCUT2D eigenvalue weighted by atomic mass is 9.68. The first-order valence-corrected chi connectivity index (χ1v) is 8.02. The Morgan fingerprint density at radius 2 is 1.33 bits per heavy atom. The van der Waals surface area contributed by atoms with E-state index in [4.69, 9.17) is 0 Å². The maximum atomic E-state index is 10.2. The number of aliphatic hydroxyl groups is 1. The molecular weight excluding hydrogens is 300 g/mol. The van der Waals surface area contributed by atoms with Crippen LogP contribution >= 0.6 is 0 Å². The van der Waals surface area contributed by atoms with Crippen LogP contribution in [0.15, 0.2) is 72.3 Å². The summed E-state index contributed by atoms with van der Waals surface area (Å²) < 4.78 is 0. The highest BCUT2D eigenvalue weighted by Crippen LogP contribution is 2.42. The Hall–Kier alpha value is -2.52. The van der Waals surface area contributed by atoms with Gasteiger partial charge in [0.15, 0.2) is 0 Å². The van der Waals surface area contributed by atoms with E-state index >= 15 is 0 Å². The van der Waals surface area contributed by atoms with Crippen molar-refractivity contribution in [3.63, 3.8) is 0 Å². The molecule has 3 nitrogen and oxygen atoms in total. The van der Waals surface area contributed by atoms with Crippen LogP contribution in [0.4, 0.5) is 0 Å². The zero-order valence-corrected chi connectivity index (χ0v) is 13.9. The molecule has 0 saturated heterocycles. The van der Waals surface area contributed by atoms with Crippen LogP contribution in [0.25, 0.3) is 0 Å². The minimum Gasteiger partial charge on any atom is -0.508 e. The second-order valence-corrected chi connectivity index (χ2v) is 6.77. The second kappa shape index (κ2) is 5.84. The maximum Gasteiger partial charge on any atom is 0.115 e. The first-order valence-electron chi connectivity index (χ1n) is 8.02. The van der Waals surface area contributed by atoms with Crippen molar-refractivity contribution >= 4 is 0 Å². The van der Waals surface area contributed by atoms with E-state index in [1.807, 2.05) is 36.4 Å². The van der Waals surface area contributed by atoms with E-state index in [0.29, 0.717) is 6.42 Å². The van der Waals surface area contributed by atoms with E-state index in [1.54, 1.807) is 31.2 Å². The van der Waals surface area contributed by atoms with Crippen molar-refractivity contribution in [3.05, 3.63) is 83.5 Å². The van der Waals surface area contributed by atoms with Crippen molar-refractivity contribution in [2.24, 2.45) is 0 Å². The molecule has 0 saturated carbocycles. The topological polar surface area (TPSA) is 60.7 Å². The molecule has 0 aliphatic heterocycles. The Kier molecular flexibility index (Phi) is 3.98. The number of hydrogen-bond donors (Lipinski definition) is 3. The van der Waals surface area contributed by atoms with Crippen LogP contribution in [0.5, 0.6) is 11.5 Å². The van der Waals surface area contributed by atoms with Crippen LogP contribution in [0.3, 0.4) is 0 Å². The molecule has 0 amide bonds. The van der Waals surface area contributed by atoms with Crippen molar-refractivity contribution < 1.29 is 15.3 Å². The molecule has 0 heterocycles. The van der Waals surface area contributed by atoms with Gasteiger partial charge in [0.05, 0.1) is 5.60 Å². The zero-order valence-electron chi connectivity index (χ0n) is 13.9. The summed E-state index contributed by atoms with van der Waals surface area (Å²) in [4.78, 5) is 0. The first kappa shape index (κ1) is 16.3. The standard InChI is InChI=1S/C21H22O3/c1-20(24)13-11-17(12-14-20)21(2,15-3-7-18(22)8-4-15)16-5-9-19(23)10-6-16/h3-13,22-24H,14H2,1-2H3.